The third-order valence-electron chi connectivity index (χ3n) is 4.54. The van der Waals surface area contributed by atoms with Crippen molar-refractivity contribution in [3.05, 3.63) is 83.8 Å². The van der Waals surface area contributed by atoms with Crippen LogP contribution in [0.5, 0.6) is 11.5 Å². The first-order chi connectivity index (χ1) is 13.7. The third kappa shape index (κ3) is 4.24. The lowest BCUT2D eigenvalue weighted by Gasteiger charge is -2.18. The Balaban J connectivity index is 1.39. The number of nitrogens with zero attached hydrogens (tertiary/aromatic N) is 2. The minimum atomic E-state index is -0.339. The molecule has 1 fully saturated rings. The molecule has 0 spiro atoms. The molecule has 5 heteroatoms. The van der Waals surface area contributed by atoms with Crippen molar-refractivity contribution >= 4 is 5.82 Å². The molecule has 1 aliphatic rings. The first-order valence-corrected chi connectivity index (χ1v) is 9.10. The summed E-state index contributed by atoms with van der Waals surface area (Å²) in [6, 6.07) is 17.1. The summed E-state index contributed by atoms with van der Waals surface area (Å²) in [4.78, 5) is 6.62. The highest BCUT2D eigenvalue weighted by Crippen LogP contribution is 2.24. The van der Waals surface area contributed by atoms with Crippen molar-refractivity contribution in [1.82, 2.24) is 4.98 Å². The van der Waals surface area contributed by atoms with Crippen LogP contribution in [0.3, 0.4) is 0 Å². The van der Waals surface area contributed by atoms with Gasteiger partial charge in [-0.3, -0.25) is 0 Å². The standard InChI is InChI=1S/C23H19FN2O2/c24-21-6-1-2-7-22(21)28-20-12-13-26(16-20)23-11-10-18(15-25-23)9-8-17-4-3-5-19(27)14-17/h1-7,10-11,14-15,20,27H,12-13,16H2. The molecule has 0 saturated carbocycles. The van der Waals surface area contributed by atoms with Gasteiger partial charge in [-0.2, -0.15) is 0 Å². The van der Waals surface area contributed by atoms with Crippen LogP contribution in [0.1, 0.15) is 17.5 Å². The van der Waals surface area contributed by atoms with Crippen LogP contribution in [0.15, 0.2) is 66.9 Å². The molecule has 4 rings (SSSR count). The molecule has 28 heavy (non-hydrogen) atoms. The van der Waals surface area contributed by atoms with Gasteiger partial charge in [-0.1, -0.05) is 30.0 Å². The highest BCUT2D eigenvalue weighted by Gasteiger charge is 2.25. The second-order valence-corrected chi connectivity index (χ2v) is 6.61. The number of anilines is 1. The molecule has 1 aromatic heterocycles. The Kier molecular flexibility index (Phi) is 5.11. The highest BCUT2D eigenvalue weighted by molar-refractivity contribution is 5.48. The lowest BCUT2D eigenvalue weighted by molar-refractivity contribution is 0.215. The molecule has 1 saturated heterocycles. The molecule has 0 amide bonds. The topological polar surface area (TPSA) is 45.6 Å². The normalized spacial score (nSPS) is 15.8. The van der Waals surface area contributed by atoms with E-state index >= 15 is 0 Å². The number of aromatic nitrogens is 1. The van der Waals surface area contributed by atoms with E-state index in [4.69, 9.17) is 4.74 Å². The van der Waals surface area contributed by atoms with E-state index in [2.05, 4.69) is 21.7 Å². The molecular weight excluding hydrogens is 355 g/mol. The monoisotopic (exact) mass is 374 g/mol. The maximum absolute atomic E-state index is 13.7. The smallest absolute Gasteiger partial charge is 0.165 e. The van der Waals surface area contributed by atoms with Crippen molar-refractivity contribution in [2.24, 2.45) is 0 Å². The number of para-hydroxylation sites is 1. The predicted molar refractivity (Wildman–Crippen MR) is 106 cm³/mol. The number of hydrogen-bond acceptors (Lipinski definition) is 4. The van der Waals surface area contributed by atoms with Crippen LogP contribution in [0.4, 0.5) is 10.2 Å². The molecule has 1 atom stereocenters. The lowest BCUT2D eigenvalue weighted by atomic mass is 10.2. The zero-order valence-electron chi connectivity index (χ0n) is 15.2. The molecule has 0 aliphatic carbocycles. The molecule has 140 valence electrons. The molecule has 2 heterocycles. The summed E-state index contributed by atoms with van der Waals surface area (Å²) in [7, 11) is 0. The number of phenols is 1. The van der Waals surface area contributed by atoms with Gasteiger partial charge in [-0.15, -0.1) is 0 Å². The Labute approximate surface area is 163 Å². The Bertz CT molecular complexity index is 1020. The average molecular weight is 374 g/mol. The average Bonchev–Trinajstić information content (AvgIpc) is 3.17. The number of ether oxygens (including phenoxy) is 1. The van der Waals surface area contributed by atoms with Gasteiger partial charge < -0.3 is 14.7 Å². The summed E-state index contributed by atoms with van der Waals surface area (Å²) in [5.41, 5.74) is 1.54. The number of benzene rings is 2. The van der Waals surface area contributed by atoms with E-state index in [9.17, 15) is 9.50 Å². The third-order valence-corrected chi connectivity index (χ3v) is 4.54. The van der Waals surface area contributed by atoms with E-state index in [1.807, 2.05) is 18.2 Å². The van der Waals surface area contributed by atoms with Crippen LogP contribution in [-0.2, 0) is 0 Å². The van der Waals surface area contributed by atoms with Gasteiger partial charge >= 0.3 is 0 Å². The SMILES string of the molecule is Oc1cccc(C#Cc2ccc(N3CCC(Oc4ccccc4F)C3)nc2)c1. The molecule has 0 radical (unpaired) electrons. The van der Waals surface area contributed by atoms with Crippen molar-refractivity contribution in [2.45, 2.75) is 12.5 Å². The molecule has 4 nitrogen and oxygen atoms in total. The van der Waals surface area contributed by atoms with E-state index in [1.54, 1.807) is 42.6 Å². The minimum Gasteiger partial charge on any atom is -0.508 e. The van der Waals surface area contributed by atoms with Gasteiger partial charge in [-0.25, -0.2) is 9.37 Å². The zero-order chi connectivity index (χ0) is 19.3. The first-order valence-electron chi connectivity index (χ1n) is 9.10. The molecule has 2 aromatic carbocycles. The van der Waals surface area contributed by atoms with Crippen molar-refractivity contribution in [2.75, 3.05) is 18.0 Å². The van der Waals surface area contributed by atoms with Crippen LogP contribution < -0.4 is 9.64 Å². The van der Waals surface area contributed by atoms with E-state index in [-0.39, 0.29) is 17.7 Å². The molecular formula is C23H19FN2O2. The van der Waals surface area contributed by atoms with Crippen LogP contribution in [0.2, 0.25) is 0 Å². The Hall–Kier alpha value is -3.52. The maximum Gasteiger partial charge on any atom is 0.165 e. The van der Waals surface area contributed by atoms with Gasteiger partial charge in [0.1, 0.15) is 17.7 Å². The Morgan fingerprint density at radius 2 is 1.89 bits per heavy atom. The van der Waals surface area contributed by atoms with E-state index in [0.29, 0.717) is 12.3 Å². The van der Waals surface area contributed by atoms with Gasteiger partial charge in [0.25, 0.3) is 0 Å². The van der Waals surface area contributed by atoms with Gasteiger partial charge in [0.15, 0.2) is 11.6 Å². The molecule has 1 N–H and O–H groups in total. The highest BCUT2D eigenvalue weighted by atomic mass is 19.1. The van der Waals surface area contributed by atoms with Gasteiger partial charge in [-0.05, 0) is 42.5 Å². The van der Waals surface area contributed by atoms with Gasteiger partial charge in [0.2, 0.25) is 0 Å². The number of rotatable bonds is 3. The van der Waals surface area contributed by atoms with E-state index < -0.39 is 0 Å². The van der Waals surface area contributed by atoms with Crippen LogP contribution in [-0.4, -0.2) is 29.3 Å². The quantitative estimate of drug-likeness (QED) is 0.705. The number of phenolic OH excluding ortho intramolecular Hbond substituents is 1. The molecule has 1 aliphatic heterocycles. The van der Waals surface area contributed by atoms with Crippen molar-refractivity contribution in [3.63, 3.8) is 0 Å². The van der Waals surface area contributed by atoms with Crippen LogP contribution in [0.25, 0.3) is 0 Å². The Morgan fingerprint density at radius 3 is 2.68 bits per heavy atom. The number of aromatic hydroxyl groups is 1. The largest absolute Gasteiger partial charge is 0.508 e. The minimum absolute atomic E-state index is 0.0658. The van der Waals surface area contributed by atoms with Crippen LogP contribution >= 0.6 is 0 Å². The summed E-state index contributed by atoms with van der Waals surface area (Å²) < 4.78 is 19.5. The van der Waals surface area contributed by atoms with E-state index in [0.717, 1.165) is 29.9 Å². The molecule has 1 unspecified atom stereocenters. The Morgan fingerprint density at radius 1 is 1.04 bits per heavy atom. The summed E-state index contributed by atoms with van der Waals surface area (Å²) in [6.45, 7) is 1.47. The fraction of sp³-hybridized carbons (Fsp3) is 0.174. The molecule has 3 aromatic rings. The summed E-state index contributed by atoms with van der Waals surface area (Å²) in [5, 5.41) is 9.48. The maximum atomic E-state index is 13.7. The zero-order valence-corrected chi connectivity index (χ0v) is 15.2. The first kappa shape index (κ1) is 17.9. The summed E-state index contributed by atoms with van der Waals surface area (Å²) in [6.07, 6.45) is 2.48. The number of pyridine rings is 1. The summed E-state index contributed by atoms with van der Waals surface area (Å²) in [5.74, 6) is 7.05. The fourth-order valence-corrected chi connectivity index (χ4v) is 3.13. The van der Waals surface area contributed by atoms with Crippen molar-refractivity contribution in [1.29, 1.82) is 0 Å². The van der Waals surface area contributed by atoms with Crippen molar-refractivity contribution in [3.8, 4) is 23.3 Å². The number of hydrogen-bond donors (Lipinski definition) is 1. The van der Waals surface area contributed by atoms with Gasteiger partial charge in [0, 0.05) is 30.3 Å². The van der Waals surface area contributed by atoms with Crippen LogP contribution in [0, 0.1) is 17.7 Å². The fourth-order valence-electron chi connectivity index (χ4n) is 3.13. The molecule has 0 bridgehead atoms. The predicted octanol–water partition coefficient (Wildman–Crippen LogP) is 3.98. The lowest BCUT2D eigenvalue weighted by Crippen LogP contribution is -2.25. The second kappa shape index (κ2) is 8.01. The van der Waals surface area contributed by atoms with Gasteiger partial charge in [0.05, 0.1) is 6.54 Å². The summed E-state index contributed by atoms with van der Waals surface area (Å²) >= 11 is 0. The number of halogens is 1. The van der Waals surface area contributed by atoms with Crippen molar-refractivity contribution < 1.29 is 14.2 Å². The second-order valence-electron chi connectivity index (χ2n) is 6.61. The van der Waals surface area contributed by atoms with E-state index in [1.165, 1.54) is 6.07 Å².